The minimum atomic E-state index is -0.450. The van der Waals surface area contributed by atoms with Gasteiger partial charge in [0.15, 0.2) is 0 Å². The predicted octanol–water partition coefficient (Wildman–Crippen LogP) is 2.07. The maximum absolute atomic E-state index is 13.3. The Balaban J connectivity index is 1.83. The molecule has 0 saturated carbocycles. The van der Waals surface area contributed by atoms with E-state index in [1.807, 2.05) is 0 Å². The van der Waals surface area contributed by atoms with Crippen LogP contribution in [-0.4, -0.2) is 27.6 Å². The van der Waals surface area contributed by atoms with Crippen molar-refractivity contribution >= 4 is 21.8 Å². The number of carbonyl (C=O) groups is 1. The van der Waals surface area contributed by atoms with Crippen LogP contribution in [0.15, 0.2) is 29.0 Å². The Morgan fingerprint density at radius 3 is 3.05 bits per heavy atom. The van der Waals surface area contributed by atoms with Crippen molar-refractivity contribution in [2.75, 3.05) is 6.54 Å². The van der Waals surface area contributed by atoms with Gasteiger partial charge in [0.05, 0.1) is 10.0 Å². The number of nitrogens with one attached hydrogen (secondary N) is 2. The lowest BCUT2D eigenvalue weighted by atomic mass is 10.2. The summed E-state index contributed by atoms with van der Waals surface area (Å²) in [6.07, 6.45) is 2.87. The van der Waals surface area contributed by atoms with Gasteiger partial charge in [-0.1, -0.05) is 6.07 Å². The number of aromatic nitrogens is 3. The molecule has 2 N–H and O–H groups in total. The van der Waals surface area contributed by atoms with Crippen molar-refractivity contribution in [1.82, 2.24) is 20.5 Å². The normalized spacial score (nSPS) is 10.4. The van der Waals surface area contributed by atoms with Gasteiger partial charge in [-0.05, 0) is 34.5 Å². The van der Waals surface area contributed by atoms with E-state index in [1.165, 1.54) is 18.5 Å². The van der Waals surface area contributed by atoms with Crippen molar-refractivity contribution in [1.29, 1.82) is 0 Å². The fourth-order valence-electron chi connectivity index (χ4n) is 1.58. The summed E-state index contributed by atoms with van der Waals surface area (Å²) >= 11 is 3.06. The van der Waals surface area contributed by atoms with Crippen molar-refractivity contribution < 1.29 is 9.18 Å². The molecule has 0 atom stereocenters. The third kappa shape index (κ3) is 3.60. The molecule has 0 radical (unpaired) electrons. The van der Waals surface area contributed by atoms with Crippen molar-refractivity contribution in [3.63, 3.8) is 0 Å². The van der Waals surface area contributed by atoms with E-state index in [0.717, 1.165) is 12.2 Å². The maximum Gasteiger partial charge on any atom is 0.252 e. The van der Waals surface area contributed by atoms with E-state index in [9.17, 15) is 9.18 Å². The third-order valence-corrected chi connectivity index (χ3v) is 3.34. The van der Waals surface area contributed by atoms with Gasteiger partial charge in [-0.25, -0.2) is 9.37 Å². The number of H-pyrrole nitrogens is 1. The second-order valence-electron chi connectivity index (χ2n) is 3.89. The molecule has 1 aromatic heterocycles. The Bertz CT molecular complexity index is 559. The second kappa shape index (κ2) is 6.42. The van der Waals surface area contributed by atoms with Gasteiger partial charge in [-0.3, -0.25) is 9.89 Å². The molecular formula is C12H12BrFN4O. The van der Waals surface area contributed by atoms with Crippen LogP contribution in [0.3, 0.4) is 0 Å². The van der Waals surface area contributed by atoms with Crippen LogP contribution in [0, 0.1) is 5.82 Å². The zero-order chi connectivity index (χ0) is 13.7. The van der Waals surface area contributed by atoms with Crippen molar-refractivity contribution in [2.24, 2.45) is 0 Å². The zero-order valence-electron chi connectivity index (χ0n) is 9.99. The van der Waals surface area contributed by atoms with Crippen LogP contribution in [0.25, 0.3) is 0 Å². The van der Waals surface area contributed by atoms with Crippen molar-refractivity contribution in [3.05, 3.63) is 46.2 Å². The van der Waals surface area contributed by atoms with Gasteiger partial charge in [0.25, 0.3) is 5.91 Å². The summed E-state index contributed by atoms with van der Waals surface area (Å²) in [5, 5.41) is 9.21. The minimum absolute atomic E-state index is 0.183. The van der Waals surface area contributed by atoms with Gasteiger partial charge in [0.1, 0.15) is 18.0 Å². The Kier molecular flexibility index (Phi) is 4.62. The molecule has 2 rings (SSSR count). The predicted molar refractivity (Wildman–Crippen MR) is 71.1 cm³/mol. The monoisotopic (exact) mass is 326 g/mol. The van der Waals surface area contributed by atoms with Gasteiger partial charge in [-0.2, -0.15) is 5.10 Å². The summed E-state index contributed by atoms with van der Waals surface area (Å²) in [6, 6.07) is 4.37. The average molecular weight is 327 g/mol. The van der Waals surface area contributed by atoms with E-state index in [-0.39, 0.29) is 10.4 Å². The van der Waals surface area contributed by atoms with E-state index >= 15 is 0 Å². The largest absolute Gasteiger partial charge is 0.352 e. The lowest BCUT2D eigenvalue weighted by Crippen LogP contribution is -2.25. The number of benzene rings is 1. The molecule has 0 aliphatic rings. The first-order chi connectivity index (χ1) is 9.18. The second-order valence-corrected chi connectivity index (χ2v) is 4.69. The Morgan fingerprint density at radius 2 is 2.32 bits per heavy atom. The van der Waals surface area contributed by atoms with Gasteiger partial charge >= 0.3 is 0 Å². The van der Waals surface area contributed by atoms with Crippen LogP contribution in [-0.2, 0) is 6.42 Å². The highest BCUT2D eigenvalue weighted by Crippen LogP contribution is 2.20. The number of nitrogens with zero attached hydrogens (tertiary/aromatic N) is 2. The number of hydrogen-bond donors (Lipinski definition) is 2. The number of rotatable bonds is 5. The molecule has 0 saturated heterocycles. The van der Waals surface area contributed by atoms with Crippen molar-refractivity contribution in [2.45, 2.75) is 12.8 Å². The van der Waals surface area contributed by atoms with E-state index in [2.05, 4.69) is 36.4 Å². The van der Waals surface area contributed by atoms with Crippen LogP contribution in [0.1, 0.15) is 22.6 Å². The molecule has 0 aliphatic carbocycles. The Hall–Kier alpha value is -1.76. The molecule has 2 aromatic rings. The van der Waals surface area contributed by atoms with Crippen LogP contribution in [0.2, 0.25) is 0 Å². The molecule has 0 unspecified atom stereocenters. The van der Waals surface area contributed by atoms with Gasteiger partial charge < -0.3 is 5.32 Å². The zero-order valence-corrected chi connectivity index (χ0v) is 11.6. The Morgan fingerprint density at radius 1 is 1.47 bits per heavy atom. The molecule has 100 valence electrons. The number of aromatic amines is 1. The number of aryl methyl sites for hydroxylation is 1. The summed E-state index contributed by atoms with van der Waals surface area (Å²) < 4.78 is 13.5. The fourth-order valence-corrected chi connectivity index (χ4v) is 2.03. The quantitative estimate of drug-likeness (QED) is 0.826. The number of hydrogen-bond acceptors (Lipinski definition) is 3. The smallest absolute Gasteiger partial charge is 0.252 e. The molecule has 19 heavy (non-hydrogen) atoms. The van der Waals surface area contributed by atoms with E-state index in [1.54, 1.807) is 6.07 Å². The first kappa shape index (κ1) is 13.7. The number of halogens is 2. The Labute approximate surface area is 117 Å². The molecule has 1 heterocycles. The molecule has 7 heteroatoms. The molecule has 1 amide bonds. The van der Waals surface area contributed by atoms with Crippen LogP contribution < -0.4 is 5.32 Å². The minimum Gasteiger partial charge on any atom is -0.352 e. The van der Waals surface area contributed by atoms with E-state index in [4.69, 9.17) is 0 Å². The van der Waals surface area contributed by atoms with Gasteiger partial charge in [-0.15, -0.1) is 0 Å². The summed E-state index contributed by atoms with van der Waals surface area (Å²) in [6.45, 7) is 0.489. The molecule has 1 aromatic carbocycles. The van der Waals surface area contributed by atoms with Crippen LogP contribution in [0.4, 0.5) is 4.39 Å². The van der Waals surface area contributed by atoms with Crippen molar-refractivity contribution in [3.8, 4) is 0 Å². The third-order valence-electron chi connectivity index (χ3n) is 2.54. The molecule has 0 spiro atoms. The first-order valence-corrected chi connectivity index (χ1v) is 6.54. The van der Waals surface area contributed by atoms with Crippen LogP contribution in [0.5, 0.6) is 0 Å². The van der Waals surface area contributed by atoms with Gasteiger partial charge in [0, 0.05) is 13.0 Å². The molecule has 5 nitrogen and oxygen atoms in total. The highest BCUT2D eigenvalue weighted by atomic mass is 79.9. The summed E-state index contributed by atoms with van der Waals surface area (Å²) in [5.74, 6) is 0.0273. The lowest BCUT2D eigenvalue weighted by molar-refractivity contribution is 0.0952. The van der Waals surface area contributed by atoms with E-state index in [0.29, 0.717) is 18.5 Å². The standard InChI is InChI=1S/C12H12BrFN4O/c13-11-8(3-1-4-9(11)14)12(19)15-6-2-5-10-16-7-17-18-10/h1,3-4,7H,2,5-6H2,(H,15,19)(H,16,17,18). The topological polar surface area (TPSA) is 70.7 Å². The molecule has 0 fully saturated rings. The van der Waals surface area contributed by atoms with Crippen LogP contribution >= 0.6 is 15.9 Å². The summed E-state index contributed by atoms with van der Waals surface area (Å²) in [7, 11) is 0. The SMILES string of the molecule is O=C(NCCCc1ncn[nH]1)c1cccc(F)c1Br. The average Bonchev–Trinajstić information content (AvgIpc) is 2.91. The maximum atomic E-state index is 13.3. The lowest BCUT2D eigenvalue weighted by Gasteiger charge is -2.06. The first-order valence-electron chi connectivity index (χ1n) is 5.75. The summed E-state index contributed by atoms with van der Waals surface area (Å²) in [4.78, 5) is 15.8. The molecular weight excluding hydrogens is 315 g/mol. The van der Waals surface area contributed by atoms with E-state index < -0.39 is 5.82 Å². The fraction of sp³-hybridized carbons (Fsp3) is 0.250. The molecule has 0 bridgehead atoms. The number of carbonyl (C=O) groups excluding carboxylic acids is 1. The summed E-state index contributed by atoms with van der Waals surface area (Å²) in [5.41, 5.74) is 0.291. The highest BCUT2D eigenvalue weighted by molar-refractivity contribution is 9.10. The highest BCUT2D eigenvalue weighted by Gasteiger charge is 2.12. The van der Waals surface area contributed by atoms with Gasteiger partial charge in [0.2, 0.25) is 0 Å². The molecule has 0 aliphatic heterocycles. The number of amides is 1.